The van der Waals surface area contributed by atoms with Crippen LogP contribution >= 0.6 is 0 Å². The number of amides is 2. The van der Waals surface area contributed by atoms with Gasteiger partial charge in [-0.2, -0.15) is 5.10 Å². The topological polar surface area (TPSA) is 115 Å². The molecule has 0 atom stereocenters. The third kappa shape index (κ3) is 6.98. The van der Waals surface area contributed by atoms with Gasteiger partial charge in [0.2, 0.25) is 0 Å². The molecule has 2 N–H and O–H groups in total. The van der Waals surface area contributed by atoms with Crippen LogP contribution in [0.15, 0.2) is 90.0 Å². The second-order valence-electron chi connectivity index (χ2n) is 8.26. The van der Waals surface area contributed by atoms with Gasteiger partial charge in [0.1, 0.15) is 5.75 Å². The summed E-state index contributed by atoms with van der Waals surface area (Å²) in [5.74, 6) is -0.170. The van der Waals surface area contributed by atoms with E-state index in [2.05, 4.69) is 15.8 Å². The zero-order valence-corrected chi connectivity index (χ0v) is 21.5. The SMILES string of the molecule is CCOc1cc(/C=N\NC(=O)CNC(=O)c2cccc3ccccc23)ccc1OC(=O)c1ccc(OC)cc1. The highest BCUT2D eigenvalue weighted by Crippen LogP contribution is 2.29. The molecule has 0 fully saturated rings. The van der Waals surface area contributed by atoms with E-state index in [4.69, 9.17) is 14.2 Å². The number of nitrogens with zero attached hydrogens (tertiary/aromatic N) is 1. The van der Waals surface area contributed by atoms with Gasteiger partial charge in [0, 0.05) is 5.56 Å². The van der Waals surface area contributed by atoms with E-state index in [1.54, 1.807) is 61.7 Å². The van der Waals surface area contributed by atoms with E-state index in [-0.39, 0.29) is 18.2 Å². The van der Waals surface area contributed by atoms with E-state index < -0.39 is 11.9 Å². The number of hydrazone groups is 1. The van der Waals surface area contributed by atoms with Crippen molar-refractivity contribution in [1.29, 1.82) is 0 Å². The van der Waals surface area contributed by atoms with Gasteiger partial charge in [-0.15, -0.1) is 0 Å². The summed E-state index contributed by atoms with van der Waals surface area (Å²) in [5, 5.41) is 8.30. The van der Waals surface area contributed by atoms with Crippen molar-refractivity contribution in [1.82, 2.24) is 10.7 Å². The number of benzene rings is 4. The van der Waals surface area contributed by atoms with Gasteiger partial charge >= 0.3 is 5.97 Å². The molecule has 9 nitrogen and oxygen atoms in total. The predicted molar refractivity (Wildman–Crippen MR) is 148 cm³/mol. The number of esters is 1. The molecular formula is C30H27N3O6. The minimum atomic E-state index is -0.544. The lowest BCUT2D eigenvalue weighted by Crippen LogP contribution is -2.35. The van der Waals surface area contributed by atoms with Crippen LogP contribution in [0.5, 0.6) is 17.2 Å². The van der Waals surface area contributed by atoms with E-state index >= 15 is 0 Å². The number of fused-ring (bicyclic) bond motifs is 1. The second kappa shape index (κ2) is 12.9. The van der Waals surface area contributed by atoms with E-state index in [0.717, 1.165) is 10.8 Å². The molecule has 4 aromatic carbocycles. The molecule has 39 heavy (non-hydrogen) atoms. The van der Waals surface area contributed by atoms with Crippen molar-refractivity contribution in [2.24, 2.45) is 5.10 Å². The molecule has 0 aromatic heterocycles. The first-order chi connectivity index (χ1) is 19.0. The molecular weight excluding hydrogens is 498 g/mol. The number of ether oxygens (including phenoxy) is 3. The maximum Gasteiger partial charge on any atom is 0.343 e. The summed E-state index contributed by atoms with van der Waals surface area (Å²) in [7, 11) is 1.54. The normalized spacial score (nSPS) is 10.7. The van der Waals surface area contributed by atoms with E-state index in [1.807, 2.05) is 37.3 Å². The highest BCUT2D eigenvalue weighted by Gasteiger charge is 2.14. The second-order valence-corrected chi connectivity index (χ2v) is 8.26. The van der Waals surface area contributed by atoms with Crippen molar-refractivity contribution in [2.45, 2.75) is 6.92 Å². The van der Waals surface area contributed by atoms with Gasteiger partial charge in [-0.25, -0.2) is 10.2 Å². The first-order valence-corrected chi connectivity index (χ1v) is 12.2. The summed E-state index contributed by atoms with van der Waals surface area (Å²) in [6, 6.07) is 24.4. The lowest BCUT2D eigenvalue weighted by Gasteiger charge is -2.11. The molecule has 4 rings (SSSR count). The average Bonchev–Trinajstić information content (AvgIpc) is 2.97. The average molecular weight is 526 g/mol. The van der Waals surface area contributed by atoms with Gasteiger partial charge in [-0.05, 0) is 71.8 Å². The molecule has 198 valence electrons. The van der Waals surface area contributed by atoms with Gasteiger partial charge in [-0.3, -0.25) is 9.59 Å². The number of methoxy groups -OCH3 is 1. The molecule has 0 aliphatic carbocycles. The van der Waals surface area contributed by atoms with Crippen LogP contribution in [-0.4, -0.2) is 44.3 Å². The fraction of sp³-hybridized carbons (Fsp3) is 0.133. The number of hydrogen-bond donors (Lipinski definition) is 2. The molecule has 0 bridgehead atoms. The van der Waals surface area contributed by atoms with Gasteiger partial charge in [0.05, 0.1) is 32.0 Å². The molecule has 9 heteroatoms. The molecule has 0 radical (unpaired) electrons. The number of rotatable bonds is 10. The maximum atomic E-state index is 12.6. The first kappa shape index (κ1) is 26.9. The lowest BCUT2D eigenvalue weighted by molar-refractivity contribution is -0.120. The van der Waals surface area contributed by atoms with Crippen LogP contribution in [0.25, 0.3) is 10.8 Å². The molecule has 0 saturated carbocycles. The van der Waals surface area contributed by atoms with Gasteiger partial charge in [-0.1, -0.05) is 36.4 Å². The minimum absolute atomic E-state index is 0.245. The van der Waals surface area contributed by atoms with Crippen LogP contribution in [0.3, 0.4) is 0 Å². The summed E-state index contributed by atoms with van der Waals surface area (Å²) in [6.07, 6.45) is 1.42. The highest BCUT2D eigenvalue weighted by atomic mass is 16.6. The van der Waals surface area contributed by atoms with Gasteiger partial charge < -0.3 is 19.5 Å². The molecule has 0 saturated heterocycles. The highest BCUT2D eigenvalue weighted by molar-refractivity contribution is 6.07. The van der Waals surface area contributed by atoms with Crippen LogP contribution in [0.1, 0.15) is 33.2 Å². The number of hydrogen-bond acceptors (Lipinski definition) is 7. The summed E-state index contributed by atoms with van der Waals surface area (Å²) in [4.78, 5) is 37.4. The summed E-state index contributed by atoms with van der Waals surface area (Å²) in [6.45, 7) is 1.91. The Labute approximate surface area is 225 Å². The Hall–Kier alpha value is -5.18. The summed E-state index contributed by atoms with van der Waals surface area (Å²) >= 11 is 0. The molecule has 4 aromatic rings. The molecule has 0 unspecified atom stereocenters. The molecule has 2 amide bonds. The van der Waals surface area contributed by atoms with Gasteiger partial charge in [0.25, 0.3) is 11.8 Å². The number of nitrogens with one attached hydrogen (secondary N) is 2. The first-order valence-electron chi connectivity index (χ1n) is 12.2. The zero-order valence-electron chi connectivity index (χ0n) is 21.5. The molecule has 0 spiro atoms. The Kier molecular flexibility index (Phi) is 8.87. The van der Waals surface area contributed by atoms with Gasteiger partial charge in [0.15, 0.2) is 11.5 Å². The standard InChI is InChI=1S/C30H27N3O6/c1-3-38-27-17-20(11-16-26(27)39-30(36)22-12-14-23(37-2)15-13-22)18-32-33-28(34)19-31-29(35)25-10-6-8-21-7-4-5-9-24(21)25/h4-18H,3,19H2,1-2H3,(H,31,35)(H,33,34)/b32-18-. The van der Waals surface area contributed by atoms with Crippen molar-refractivity contribution in [3.8, 4) is 17.2 Å². The van der Waals surface area contributed by atoms with E-state index in [0.29, 0.717) is 34.8 Å². The minimum Gasteiger partial charge on any atom is -0.497 e. The Balaban J connectivity index is 1.34. The quantitative estimate of drug-likeness (QED) is 0.138. The lowest BCUT2D eigenvalue weighted by atomic mass is 10.0. The monoisotopic (exact) mass is 525 g/mol. The van der Waals surface area contributed by atoms with Crippen molar-refractivity contribution in [3.63, 3.8) is 0 Å². The van der Waals surface area contributed by atoms with Crippen molar-refractivity contribution in [2.75, 3.05) is 20.3 Å². The van der Waals surface area contributed by atoms with Crippen LogP contribution in [0, 0.1) is 0 Å². The fourth-order valence-electron chi connectivity index (χ4n) is 3.74. The fourth-order valence-corrected chi connectivity index (χ4v) is 3.74. The maximum absolute atomic E-state index is 12.6. The Morgan fingerprint density at radius 3 is 2.44 bits per heavy atom. The van der Waals surface area contributed by atoms with Crippen molar-refractivity contribution < 1.29 is 28.6 Å². The number of carbonyl (C=O) groups excluding carboxylic acids is 3. The smallest absolute Gasteiger partial charge is 0.343 e. The largest absolute Gasteiger partial charge is 0.497 e. The van der Waals surface area contributed by atoms with E-state index in [1.165, 1.54) is 6.21 Å². The van der Waals surface area contributed by atoms with Crippen LogP contribution in [0.4, 0.5) is 0 Å². The van der Waals surface area contributed by atoms with Crippen molar-refractivity contribution in [3.05, 3.63) is 102 Å². The summed E-state index contributed by atoms with van der Waals surface area (Å²) in [5.41, 5.74) is 3.83. The van der Waals surface area contributed by atoms with Crippen LogP contribution < -0.4 is 25.0 Å². The van der Waals surface area contributed by atoms with E-state index in [9.17, 15) is 14.4 Å². The Morgan fingerprint density at radius 2 is 1.67 bits per heavy atom. The van der Waals surface area contributed by atoms with Crippen LogP contribution in [0.2, 0.25) is 0 Å². The third-order valence-electron chi connectivity index (χ3n) is 5.64. The molecule has 0 aliphatic heterocycles. The van der Waals surface area contributed by atoms with Crippen molar-refractivity contribution >= 4 is 34.8 Å². The molecule has 0 aliphatic rings. The Bertz CT molecular complexity index is 1510. The number of carbonyl (C=O) groups is 3. The Morgan fingerprint density at radius 1 is 0.897 bits per heavy atom. The predicted octanol–water partition coefficient (Wildman–Crippen LogP) is 4.35. The summed E-state index contributed by atoms with van der Waals surface area (Å²) < 4.78 is 16.2. The van der Waals surface area contributed by atoms with Crippen LogP contribution in [-0.2, 0) is 4.79 Å². The zero-order chi connectivity index (χ0) is 27.6. The molecule has 0 heterocycles. The third-order valence-corrected chi connectivity index (χ3v) is 5.64.